The monoisotopic (exact) mass is 488 g/mol. The lowest BCUT2D eigenvalue weighted by molar-refractivity contribution is 0.244. The third-order valence-electron chi connectivity index (χ3n) is 5.67. The molecule has 0 aliphatic carbocycles. The van der Waals surface area contributed by atoms with E-state index in [1.54, 1.807) is 22.7 Å². The largest absolute Gasteiger partial charge is 0.334 e. The Morgan fingerprint density at radius 3 is 2.59 bits per heavy atom. The number of anilines is 1. The highest BCUT2D eigenvalue weighted by molar-refractivity contribution is 7.98. The zero-order chi connectivity index (χ0) is 23.7. The number of carbonyl (C=O) groups is 1. The number of benzene rings is 3. The molecule has 0 saturated carbocycles. The molecule has 6 nitrogen and oxygen atoms in total. The van der Waals surface area contributed by atoms with Gasteiger partial charge in [0.05, 0.1) is 17.3 Å². The molecule has 1 atom stereocenters. The van der Waals surface area contributed by atoms with Crippen molar-refractivity contribution in [3.63, 3.8) is 0 Å². The fraction of sp³-hybridized carbons (Fsp3) is 0.115. The van der Waals surface area contributed by atoms with Crippen LogP contribution in [-0.4, -0.2) is 22.4 Å². The summed E-state index contributed by atoms with van der Waals surface area (Å²) in [5.41, 5.74) is 3.85. The van der Waals surface area contributed by atoms with Crippen LogP contribution in [0.25, 0.3) is 17.0 Å². The van der Waals surface area contributed by atoms with Crippen LogP contribution >= 0.6 is 23.4 Å². The number of thioether (sulfide) groups is 1. The number of halogens is 1. The van der Waals surface area contributed by atoms with Crippen molar-refractivity contribution in [3.05, 3.63) is 101 Å². The molecule has 170 valence electrons. The minimum Gasteiger partial charge on any atom is -0.334 e. The Morgan fingerprint density at radius 2 is 1.82 bits per heavy atom. The van der Waals surface area contributed by atoms with E-state index in [1.807, 2.05) is 86.0 Å². The molecule has 1 aliphatic heterocycles. The zero-order valence-electron chi connectivity index (χ0n) is 18.5. The molecule has 0 saturated heterocycles. The van der Waals surface area contributed by atoms with E-state index >= 15 is 0 Å². The van der Waals surface area contributed by atoms with Crippen molar-refractivity contribution >= 4 is 40.7 Å². The number of hydrogen-bond acceptors (Lipinski definition) is 5. The van der Waals surface area contributed by atoms with Gasteiger partial charge in [-0.3, -0.25) is 4.90 Å². The number of hydrogen-bond donors (Lipinski definition) is 1. The number of nitrogens with zero attached hydrogens (tertiary/aromatic N) is 3. The first-order valence-electron chi connectivity index (χ1n) is 10.7. The van der Waals surface area contributed by atoms with Crippen molar-refractivity contribution in [3.8, 4) is 11.4 Å². The molecule has 0 fully saturated rings. The summed E-state index contributed by atoms with van der Waals surface area (Å²) >= 11 is 7.90. The van der Waals surface area contributed by atoms with E-state index in [0.29, 0.717) is 28.0 Å². The average molecular weight is 489 g/mol. The Morgan fingerprint density at radius 1 is 1.03 bits per heavy atom. The van der Waals surface area contributed by atoms with Gasteiger partial charge in [0.1, 0.15) is 0 Å². The van der Waals surface area contributed by atoms with E-state index in [0.717, 1.165) is 21.7 Å². The Hall–Kier alpha value is -3.55. The predicted molar refractivity (Wildman–Crippen MR) is 136 cm³/mol. The van der Waals surface area contributed by atoms with Crippen LogP contribution < -0.4 is 10.2 Å². The molecule has 0 bridgehead atoms. The molecular formula is C26H21ClN4O2S. The molecule has 4 aromatic rings. The molecule has 1 N–H and O–H groups in total. The zero-order valence-corrected chi connectivity index (χ0v) is 20.1. The number of allylic oxidation sites excluding steroid dienone is 1. The Bertz CT molecular complexity index is 1390. The minimum atomic E-state index is -0.504. The molecule has 34 heavy (non-hydrogen) atoms. The molecule has 0 radical (unpaired) electrons. The summed E-state index contributed by atoms with van der Waals surface area (Å²) in [5.74, 6) is 0.820. The van der Waals surface area contributed by atoms with Gasteiger partial charge in [-0.05, 0) is 49.1 Å². The fourth-order valence-corrected chi connectivity index (χ4v) is 4.71. The fourth-order valence-electron chi connectivity index (χ4n) is 4.05. The number of aromatic nitrogens is 2. The van der Waals surface area contributed by atoms with Gasteiger partial charge in [0.15, 0.2) is 0 Å². The Balaban J connectivity index is 1.67. The van der Waals surface area contributed by atoms with Crippen LogP contribution in [0.3, 0.4) is 0 Å². The highest BCUT2D eigenvalue weighted by Crippen LogP contribution is 2.40. The van der Waals surface area contributed by atoms with E-state index in [9.17, 15) is 4.79 Å². The average Bonchev–Trinajstić information content (AvgIpc) is 3.34. The van der Waals surface area contributed by atoms with Gasteiger partial charge in [-0.2, -0.15) is 4.98 Å². The van der Waals surface area contributed by atoms with Crippen LogP contribution in [0.5, 0.6) is 0 Å². The molecule has 2 amide bonds. The highest BCUT2D eigenvalue weighted by Gasteiger charge is 2.36. The summed E-state index contributed by atoms with van der Waals surface area (Å²) in [6, 6.07) is 24.1. The van der Waals surface area contributed by atoms with Crippen molar-refractivity contribution in [2.24, 2.45) is 0 Å². The van der Waals surface area contributed by atoms with Gasteiger partial charge in [0.25, 0.3) is 5.89 Å². The van der Waals surface area contributed by atoms with Crippen LogP contribution in [0.15, 0.2) is 94.0 Å². The maximum atomic E-state index is 13.4. The third-order valence-corrected chi connectivity index (χ3v) is 6.63. The van der Waals surface area contributed by atoms with Gasteiger partial charge in [-0.1, -0.05) is 65.3 Å². The molecule has 5 rings (SSSR count). The van der Waals surface area contributed by atoms with Crippen molar-refractivity contribution in [2.75, 3.05) is 11.2 Å². The summed E-state index contributed by atoms with van der Waals surface area (Å²) < 4.78 is 5.74. The minimum absolute atomic E-state index is 0.243. The number of rotatable bonds is 5. The van der Waals surface area contributed by atoms with E-state index in [2.05, 4.69) is 15.5 Å². The van der Waals surface area contributed by atoms with E-state index in [4.69, 9.17) is 16.1 Å². The van der Waals surface area contributed by atoms with Gasteiger partial charge in [-0.15, -0.1) is 11.8 Å². The van der Waals surface area contributed by atoms with Crippen LogP contribution in [0.2, 0.25) is 5.02 Å². The highest BCUT2D eigenvalue weighted by atomic mass is 35.5. The lowest BCUT2D eigenvalue weighted by Crippen LogP contribution is -2.46. The van der Waals surface area contributed by atoms with Gasteiger partial charge in [0.2, 0.25) is 5.82 Å². The molecule has 1 aliphatic rings. The molecule has 8 heteroatoms. The third kappa shape index (κ3) is 4.20. The maximum absolute atomic E-state index is 13.4. The molecular weight excluding hydrogens is 468 g/mol. The lowest BCUT2D eigenvalue weighted by Gasteiger charge is -2.35. The first kappa shape index (κ1) is 22.3. The molecule has 1 aromatic heterocycles. The molecule has 1 unspecified atom stereocenters. The predicted octanol–water partition coefficient (Wildman–Crippen LogP) is 6.81. The van der Waals surface area contributed by atoms with Crippen molar-refractivity contribution < 1.29 is 9.32 Å². The maximum Gasteiger partial charge on any atom is 0.326 e. The smallest absolute Gasteiger partial charge is 0.326 e. The molecule has 0 spiro atoms. The standard InChI is InChI=1S/C26H21ClN4O2S/c1-16-22(25-29-24(30-33-25)17-8-4-3-5-9-17)23(18-10-6-11-19(27)14-18)28-26(32)31(16)20-12-7-13-21(15-20)34-2/h3-15,23H,1-2H3,(H,28,32). The van der Waals surface area contributed by atoms with Crippen molar-refractivity contribution in [2.45, 2.75) is 17.9 Å². The van der Waals surface area contributed by atoms with Gasteiger partial charge < -0.3 is 9.84 Å². The number of carbonyl (C=O) groups excluding carboxylic acids is 1. The summed E-state index contributed by atoms with van der Waals surface area (Å²) in [4.78, 5) is 20.7. The summed E-state index contributed by atoms with van der Waals surface area (Å²) in [6.07, 6.45) is 2.00. The summed E-state index contributed by atoms with van der Waals surface area (Å²) in [5, 5.41) is 7.89. The van der Waals surface area contributed by atoms with Crippen molar-refractivity contribution in [1.29, 1.82) is 0 Å². The van der Waals surface area contributed by atoms with E-state index in [1.165, 1.54) is 0 Å². The van der Waals surface area contributed by atoms with Crippen LogP contribution in [-0.2, 0) is 0 Å². The number of nitrogens with one attached hydrogen (secondary N) is 1. The Labute approximate surface area is 206 Å². The van der Waals surface area contributed by atoms with Crippen molar-refractivity contribution in [1.82, 2.24) is 15.5 Å². The first-order chi connectivity index (χ1) is 16.5. The SMILES string of the molecule is CSc1cccc(N2C(=O)NC(c3cccc(Cl)c3)C(c3nc(-c4ccccc4)no3)=C2C)c1. The second kappa shape index (κ2) is 9.37. The Kier molecular flexibility index (Phi) is 6.13. The van der Waals surface area contributed by atoms with E-state index in [-0.39, 0.29) is 6.03 Å². The number of urea groups is 1. The quantitative estimate of drug-likeness (QED) is 0.312. The second-order valence-electron chi connectivity index (χ2n) is 7.76. The van der Waals surface area contributed by atoms with Gasteiger partial charge in [0, 0.05) is 21.2 Å². The lowest BCUT2D eigenvalue weighted by atomic mass is 9.94. The van der Waals surface area contributed by atoms with E-state index < -0.39 is 6.04 Å². The summed E-state index contributed by atoms with van der Waals surface area (Å²) in [7, 11) is 0. The van der Waals surface area contributed by atoms with Gasteiger partial charge in [-0.25, -0.2) is 4.79 Å². The second-order valence-corrected chi connectivity index (χ2v) is 9.08. The van der Waals surface area contributed by atoms with Crippen LogP contribution in [0.1, 0.15) is 24.4 Å². The van der Waals surface area contributed by atoms with Crippen LogP contribution in [0.4, 0.5) is 10.5 Å². The van der Waals surface area contributed by atoms with Gasteiger partial charge >= 0.3 is 6.03 Å². The molecule has 2 heterocycles. The topological polar surface area (TPSA) is 71.3 Å². The number of amides is 2. The summed E-state index contributed by atoms with van der Waals surface area (Å²) in [6.45, 7) is 1.89. The van der Waals surface area contributed by atoms with Crippen LogP contribution in [0, 0.1) is 0 Å². The normalized spacial score (nSPS) is 16.0. The first-order valence-corrected chi connectivity index (χ1v) is 12.3. The molecule has 3 aromatic carbocycles.